The summed E-state index contributed by atoms with van der Waals surface area (Å²) in [5.74, 6) is 0.783. The highest BCUT2D eigenvalue weighted by Gasteiger charge is 2.18. The second-order valence-electron chi connectivity index (χ2n) is 3.72. The molecule has 1 nitrogen and oxygen atoms in total. The standard InChI is InChI=1S/C12H15N/c1-10(13-9-11-7-8-11)12-5-3-2-4-6-12/h2-6,9-11H,7-8H2,1H3/b13-9+/t10-/m0/s1. The van der Waals surface area contributed by atoms with E-state index in [2.05, 4.69) is 42.4 Å². The summed E-state index contributed by atoms with van der Waals surface area (Å²) >= 11 is 0. The number of nitrogens with zero attached hydrogens (tertiary/aromatic N) is 1. The highest BCUT2D eigenvalue weighted by Crippen LogP contribution is 2.27. The lowest BCUT2D eigenvalue weighted by molar-refractivity contribution is 0.819. The van der Waals surface area contributed by atoms with E-state index in [0.717, 1.165) is 5.92 Å². The SMILES string of the molecule is C[C@H](/N=C/C1CC1)c1ccccc1. The summed E-state index contributed by atoms with van der Waals surface area (Å²) in [6.45, 7) is 2.15. The van der Waals surface area contributed by atoms with Crippen molar-refractivity contribution >= 4 is 6.21 Å². The van der Waals surface area contributed by atoms with Gasteiger partial charge in [0.1, 0.15) is 0 Å². The first-order chi connectivity index (χ1) is 6.36. The molecule has 0 amide bonds. The minimum absolute atomic E-state index is 0.321. The molecule has 1 aromatic rings. The normalized spacial score (nSPS) is 19.2. The van der Waals surface area contributed by atoms with E-state index in [1.165, 1.54) is 18.4 Å². The number of benzene rings is 1. The summed E-state index contributed by atoms with van der Waals surface area (Å²) in [6, 6.07) is 10.8. The van der Waals surface area contributed by atoms with Crippen LogP contribution in [0.25, 0.3) is 0 Å². The van der Waals surface area contributed by atoms with Gasteiger partial charge in [-0.1, -0.05) is 30.3 Å². The summed E-state index contributed by atoms with van der Waals surface area (Å²) in [5.41, 5.74) is 1.31. The van der Waals surface area contributed by atoms with Crippen LogP contribution >= 0.6 is 0 Å². The fraction of sp³-hybridized carbons (Fsp3) is 0.417. The van der Waals surface area contributed by atoms with E-state index in [9.17, 15) is 0 Å². The Labute approximate surface area is 79.5 Å². The van der Waals surface area contributed by atoms with E-state index in [1.807, 2.05) is 6.07 Å². The molecule has 0 bridgehead atoms. The summed E-state index contributed by atoms with van der Waals surface area (Å²) in [4.78, 5) is 4.53. The van der Waals surface area contributed by atoms with Crippen LogP contribution in [0.5, 0.6) is 0 Å². The average Bonchev–Trinajstić information content (AvgIpc) is 2.99. The highest BCUT2D eigenvalue weighted by atomic mass is 14.8. The molecule has 1 aliphatic carbocycles. The van der Waals surface area contributed by atoms with Crippen LogP contribution in [0.3, 0.4) is 0 Å². The third kappa shape index (κ3) is 2.41. The molecule has 68 valence electrons. The Balaban J connectivity index is 1.99. The molecule has 1 fully saturated rings. The van der Waals surface area contributed by atoms with Crippen molar-refractivity contribution in [1.82, 2.24) is 0 Å². The quantitative estimate of drug-likeness (QED) is 0.622. The smallest absolute Gasteiger partial charge is 0.0717 e. The van der Waals surface area contributed by atoms with E-state index >= 15 is 0 Å². The molecule has 0 saturated heterocycles. The molecule has 0 aliphatic heterocycles. The van der Waals surface area contributed by atoms with Crippen LogP contribution in [0.1, 0.15) is 31.4 Å². The predicted octanol–water partition coefficient (Wildman–Crippen LogP) is 3.23. The highest BCUT2D eigenvalue weighted by molar-refractivity contribution is 5.64. The predicted molar refractivity (Wildman–Crippen MR) is 56.1 cm³/mol. The molecule has 1 heteroatoms. The largest absolute Gasteiger partial charge is 0.289 e. The van der Waals surface area contributed by atoms with Crippen molar-refractivity contribution in [1.29, 1.82) is 0 Å². The molecule has 0 unspecified atom stereocenters. The van der Waals surface area contributed by atoms with Crippen LogP contribution in [0.15, 0.2) is 35.3 Å². The average molecular weight is 173 g/mol. The van der Waals surface area contributed by atoms with Gasteiger partial charge in [0, 0.05) is 6.21 Å². The van der Waals surface area contributed by atoms with Crippen molar-refractivity contribution in [2.24, 2.45) is 10.9 Å². The van der Waals surface area contributed by atoms with Gasteiger partial charge in [-0.05, 0) is 31.2 Å². The lowest BCUT2D eigenvalue weighted by atomic mass is 10.1. The van der Waals surface area contributed by atoms with Gasteiger partial charge in [0.15, 0.2) is 0 Å². The van der Waals surface area contributed by atoms with Crippen LogP contribution in [0, 0.1) is 5.92 Å². The molecule has 1 aliphatic rings. The third-order valence-electron chi connectivity index (χ3n) is 2.42. The Morgan fingerprint density at radius 3 is 2.62 bits per heavy atom. The Kier molecular flexibility index (Phi) is 2.44. The molecule has 2 rings (SSSR count). The first-order valence-corrected chi connectivity index (χ1v) is 4.94. The molecule has 0 N–H and O–H groups in total. The minimum atomic E-state index is 0.321. The zero-order valence-electron chi connectivity index (χ0n) is 7.98. The zero-order chi connectivity index (χ0) is 9.10. The van der Waals surface area contributed by atoms with Gasteiger partial charge in [0.2, 0.25) is 0 Å². The summed E-state index contributed by atoms with van der Waals surface area (Å²) in [6.07, 6.45) is 4.80. The Morgan fingerprint density at radius 2 is 2.00 bits per heavy atom. The Morgan fingerprint density at radius 1 is 1.31 bits per heavy atom. The topological polar surface area (TPSA) is 12.4 Å². The molecule has 1 saturated carbocycles. The first kappa shape index (κ1) is 8.49. The maximum atomic E-state index is 4.53. The molecule has 0 aromatic heterocycles. The minimum Gasteiger partial charge on any atom is -0.289 e. The number of hydrogen-bond acceptors (Lipinski definition) is 1. The van der Waals surface area contributed by atoms with Crippen LogP contribution in [-0.2, 0) is 0 Å². The van der Waals surface area contributed by atoms with E-state index in [1.54, 1.807) is 0 Å². The van der Waals surface area contributed by atoms with E-state index in [-0.39, 0.29) is 0 Å². The van der Waals surface area contributed by atoms with Crippen molar-refractivity contribution in [3.8, 4) is 0 Å². The van der Waals surface area contributed by atoms with Crippen molar-refractivity contribution in [2.75, 3.05) is 0 Å². The number of rotatable bonds is 3. The van der Waals surface area contributed by atoms with E-state index in [0.29, 0.717) is 6.04 Å². The van der Waals surface area contributed by atoms with Gasteiger partial charge < -0.3 is 0 Å². The molecular formula is C12H15N. The maximum absolute atomic E-state index is 4.53. The van der Waals surface area contributed by atoms with Crippen LogP contribution in [-0.4, -0.2) is 6.21 Å². The van der Waals surface area contributed by atoms with Gasteiger partial charge in [0.05, 0.1) is 6.04 Å². The third-order valence-corrected chi connectivity index (χ3v) is 2.42. The first-order valence-electron chi connectivity index (χ1n) is 4.94. The fourth-order valence-corrected chi connectivity index (χ4v) is 1.31. The number of aliphatic imine (C=N–C) groups is 1. The monoisotopic (exact) mass is 173 g/mol. The molecule has 1 atom stereocenters. The van der Waals surface area contributed by atoms with Crippen molar-refractivity contribution in [3.05, 3.63) is 35.9 Å². The second-order valence-corrected chi connectivity index (χ2v) is 3.72. The van der Waals surface area contributed by atoms with Gasteiger partial charge in [0.25, 0.3) is 0 Å². The summed E-state index contributed by atoms with van der Waals surface area (Å²) in [7, 11) is 0. The van der Waals surface area contributed by atoms with Crippen molar-refractivity contribution in [2.45, 2.75) is 25.8 Å². The van der Waals surface area contributed by atoms with Crippen LogP contribution in [0.4, 0.5) is 0 Å². The molecule has 13 heavy (non-hydrogen) atoms. The molecule has 1 aromatic carbocycles. The van der Waals surface area contributed by atoms with Crippen molar-refractivity contribution < 1.29 is 0 Å². The van der Waals surface area contributed by atoms with Gasteiger partial charge in [-0.3, -0.25) is 4.99 Å². The van der Waals surface area contributed by atoms with E-state index in [4.69, 9.17) is 0 Å². The Hall–Kier alpha value is -1.11. The van der Waals surface area contributed by atoms with Crippen LogP contribution < -0.4 is 0 Å². The maximum Gasteiger partial charge on any atom is 0.0717 e. The van der Waals surface area contributed by atoms with Gasteiger partial charge in [-0.25, -0.2) is 0 Å². The molecular weight excluding hydrogens is 158 g/mol. The lowest BCUT2D eigenvalue weighted by Crippen LogP contribution is -1.89. The van der Waals surface area contributed by atoms with Gasteiger partial charge in [-0.15, -0.1) is 0 Å². The van der Waals surface area contributed by atoms with E-state index < -0.39 is 0 Å². The van der Waals surface area contributed by atoms with Crippen LogP contribution in [0.2, 0.25) is 0 Å². The Bertz CT molecular complexity index is 285. The summed E-state index contributed by atoms with van der Waals surface area (Å²) in [5, 5.41) is 0. The molecule has 0 spiro atoms. The lowest BCUT2D eigenvalue weighted by Gasteiger charge is -2.04. The molecule has 0 radical (unpaired) electrons. The summed E-state index contributed by atoms with van der Waals surface area (Å²) < 4.78 is 0. The molecule has 0 heterocycles. The van der Waals surface area contributed by atoms with Crippen molar-refractivity contribution in [3.63, 3.8) is 0 Å². The fourth-order valence-electron chi connectivity index (χ4n) is 1.31. The number of hydrogen-bond donors (Lipinski definition) is 0. The van der Waals surface area contributed by atoms with Gasteiger partial charge >= 0.3 is 0 Å². The zero-order valence-corrected chi connectivity index (χ0v) is 7.98. The van der Waals surface area contributed by atoms with Gasteiger partial charge in [-0.2, -0.15) is 0 Å². The second kappa shape index (κ2) is 3.73.